The van der Waals surface area contributed by atoms with Gasteiger partial charge in [0.25, 0.3) is 0 Å². The summed E-state index contributed by atoms with van der Waals surface area (Å²) in [5.41, 5.74) is 2.16. The van der Waals surface area contributed by atoms with Crippen LogP contribution >= 0.6 is 11.6 Å². The van der Waals surface area contributed by atoms with E-state index in [9.17, 15) is 4.79 Å². The van der Waals surface area contributed by atoms with Gasteiger partial charge < -0.3 is 14.8 Å². The lowest BCUT2D eigenvalue weighted by atomic mass is 9.90. The molecule has 1 amide bonds. The fraction of sp³-hybridized carbons (Fsp3) is 0.435. The van der Waals surface area contributed by atoms with Gasteiger partial charge in [0.2, 0.25) is 5.91 Å². The lowest BCUT2D eigenvalue weighted by molar-refractivity contribution is -0.118. The number of nitrogens with one attached hydrogen (secondary N) is 1. The Bertz CT molecular complexity index is 893. The first-order valence-corrected chi connectivity index (χ1v) is 10.4. The van der Waals surface area contributed by atoms with Crippen molar-refractivity contribution in [1.29, 1.82) is 0 Å². The van der Waals surface area contributed by atoms with E-state index in [-0.39, 0.29) is 17.2 Å². The molecule has 2 aromatic carbocycles. The van der Waals surface area contributed by atoms with E-state index in [0.717, 1.165) is 50.3 Å². The van der Waals surface area contributed by atoms with Gasteiger partial charge in [-0.05, 0) is 73.7 Å². The molecule has 0 aromatic heterocycles. The highest BCUT2D eigenvalue weighted by molar-refractivity contribution is 6.32. The van der Waals surface area contributed by atoms with Gasteiger partial charge in [0, 0.05) is 18.2 Å². The van der Waals surface area contributed by atoms with E-state index in [4.69, 9.17) is 21.1 Å². The number of hydrogen-bond acceptors (Lipinski definition) is 4. The number of ether oxygens (including phenoxy) is 2. The minimum Gasteiger partial charge on any atom is -0.497 e. The molecule has 1 saturated heterocycles. The zero-order valence-electron chi connectivity index (χ0n) is 16.9. The number of piperidine rings is 1. The average Bonchev–Trinajstić information content (AvgIpc) is 3.44. The minimum absolute atomic E-state index is 0.0994. The van der Waals surface area contributed by atoms with Crippen molar-refractivity contribution in [1.82, 2.24) is 4.90 Å². The zero-order chi connectivity index (χ0) is 20.4. The maximum atomic E-state index is 12.7. The van der Waals surface area contributed by atoms with Gasteiger partial charge in [-0.2, -0.15) is 0 Å². The molecule has 2 fully saturated rings. The van der Waals surface area contributed by atoms with Crippen LogP contribution in [0.3, 0.4) is 0 Å². The van der Waals surface area contributed by atoms with E-state index in [1.165, 1.54) is 5.56 Å². The van der Waals surface area contributed by atoms with Gasteiger partial charge >= 0.3 is 0 Å². The van der Waals surface area contributed by atoms with Crippen LogP contribution in [-0.4, -0.2) is 38.1 Å². The standard InChI is InChI=1S/C23H27ClN2O3/c1-28-18-5-3-4-16(12-18)15-26-10-8-23(9-11-26)14-19(23)22(27)25-17-6-7-21(29-2)20(24)13-17/h3-7,12-13,19H,8-11,14-15H2,1-2H3,(H,25,27)/t19-/m0/s1. The van der Waals surface area contributed by atoms with Crippen LogP contribution in [0.4, 0.5) is 5.69 Å². The third-order valence-corrected chi connectivity index (χ3v) is 6.61. The Hall–Kier alpha value is -2.24. The molecule has 154 valence electrons. The maximum Gasteiger partial charge on any atom is 0.228 e. The summed E-state index contributed by atoms with van der Waals surface area (Å²) < 4.78 is 10.5. The van der Waals surface area contributed by atoms with Crippen LogP contribution in [0.15, 0.2) is 42.5 Å². The number of amides is 1. The summed E-state index contributed by atoms with van der Waals surface area (Å²) in [6, 6.07) is 13.6. The van der Waals surface area contributed by atoms with Crippen molar-refractivity contribution < 1.29 is 14.3 Å². The first-order chi connectivity index (χ1) is 14.0. The second-order valence-electron chi connectivity index (χ2n) is 8.09. The van der Waals surface area contributed by atoms with Crippen LogP contribution in [0.2, 0.25) is 5.02 Å². The Kier molecular flexibility index (Phi) is 5.70. The number of hydrogen-bond donors (Lipinski definition) is 1. The molecule has 4 rings (SSSR count). The van der Waals surface area contributed by atoms with Gasteiger partial charge in [-0.25, -0.2) is 0 Å². The zero-order valence-corrected chi connectivity index (χ0v) is 17.7. The number of halogens is 1. The lowest BCUT2D eigenvalue weighted by Gasteiger charge is -2.32. The third kappa shape index (κ3) is 4.36. The number of rotatable bonds is 6. The molecule has 1 spiro atoms. The highest BCUT2D eigenvalue weighted by Gasteiger charge is 2.58. The predicted molar refractivity (Wildman–Crippen MR) is 115 cm³/mol. The van der Waals surface area contributed by atoms with Gasteiger partial charge in [0.05, 0.1) is 19.2 Å². The molecular formula is C23H27ClN2O3. The Morgan fingerprint density at radius 2 is 1.97 bits per heavy atom. The largest absolute Gasteiger partial charge is 0.497 e. The average molecular weight is 415 g/mol. The van der Waals surface area contributed by atoms with Gasteiger partial charge in [0.1, 0.15) is 11.5 Å². The SMILES string of the molecule is COc1cccc(CN2CCC3(CC2)C[C@H]3C(=O)Nc2ccc(OC)c(Cl)c2)c1. The number of likely N-dealkylation sites (tertiary alicyclic amines) is 1. The molecule has 2 aliphatic rings. The van der Waals surface area contributed by atoms with E-state index in [1.54, 1.807) is 26.4 Å². The Labute approximate surface area is 176 Å². The van der Waals surface area contributed by atoms with Crippen LogP contribution in [0, 0.1) is 11.3 Å². The van der Waals surface area contributed by atoms with Gasteiger partial charge in [0.15, 0.2) is 0 Å². The van der Waals surface area contributed by atoms with Crippen molar-refractivity contribution in [2.75, 3.05) is 32.6 Å². The Morgan fingerprint density at radius 3 is 2.66 bits per heavy atom. The molecule has 1 aliphatic heterocycles. The quantitative estimate of drug-likeness (QED) is 0.750. The van der Waals surface area contributed by atoms with E-state index in [2.05, 4.69) is 22.3 Å². The molecule has 5 nitrogen and oxygen atoms in total. The van der Waals surface area contributed by atoms with Crippen molar-refractivity contribution in [2.24, 2.45) is 11.3 Å². The number of methoxy groups -OCH3 is 2. The van der Waals surface area contributed by atoms with Gasteiger partial charge in [-0.15, -0.1) is 0 Å². The smallest absolute Gasteiger partial charge is 0.228 e. The molecule has 1 aliphatic carbocycles. The van der Waals surface area contributed by atoms with Crippen LogP contribution < -0.4 is 14.8 Å². The molecule has 2 aromatic rings. The van der Waals surface area contributed by atoms with Crippen LogP contribution in [0.1, 0.15) is 24.8 Å². The van der Waals surface area contributed by atoms with Crippen LogP contribution in [-0.2, 0) is 11.3 Å². The molecule has 0 unspecified atom stereocenters. The molecule has 1 atom stereocenters. The first kappa shape index (κ1) is 20.0. The summed E-state index contributed by atoms with van der Waals surface area (Å²) in [5, 5.41) is 3.53. The highest BCUT2D eigenvalue weighted by Crippen LogP contribution is 2.59. The number of carbonyl (C=O) groups excluding carboxylic acids is 1. The first-order valence-electron chi connectivity index (χ1n) is 10.0. The van der Waals surface area contributed by atoms with Crippen LogP contribution in [0.25, 0.3) is 0 Å². The molecule has 0 radical (unpaired) electrons. The van der Waals surface area contributed by atoms with E-state index in [1.807, 2.05) is 18.2 Å². The van der Waals surface area contributed by atoms with Crippen molar-refractivity contribution >= 4 is 23.2 Å². The van der Waals surface area contributed by atoms with Crippen LogP contribution in [0.5, 0.6) is 11.5 Å². The molecule has 6 heteroatoms. The summed E-state index contributed by atoms with van der Waals surface area (Å²) in [7, 11) is 3.27. The number of anilines is 1. The number of carbonyl (C=O) groups is 1. The van der Waals surface area contributed by atoms with Crippen molar-refractivity contribution in [3.8, 4) is 11.5 Å². The van der Waals surface area contributed by atoms with Gasteiger partial charge in [-0.3, -0.25) is 9.69 Å². The highest BCUT2D eigenvalue weighted by atomic mass is 35.5. The normalized spacial score (nSPS) is 20.3. The molecule has 1 saturated carbocycles. The van der Waals surface area contributed by atoms with E-state index >= 15 is 0 Å². The second-order valence-corrected chi connectivity index (χ2v) is 8.49. The maximum absolute atomic E-state index is 12.7. The molecule has 0 bridgehead atoms. The van der Waals surface area contributed by atoms with E-state index in [0.29, 0.717) is 10.8 Å². The van der Waals surface area contributed by atoms with Crippen molar-refractivity contribution in [3.63, 3.8) is 0 Å². The summed E-state index contributed by atoms with van der Waals surface area (Å²) in [5.74, 6) is 1.71. The van der Waals surface area contributed by atoms with Crippen molar-refractivity contribution in [3.05, 3.63) is 53.1 Å². The predicted octanol–water partition coefficient (Wildman–Crippen LogP) is 4.60. The van der Waals surface area contributed by atoms with Gasteiger partial charge in [-0.1, -0.05) is 23.7 Å². The molecule has 1 N–H and O–H groups in total. The molecular weight excluding hydrogens is 388 g/mol. The second kappa shape index (κ2) is 8.25. The molecule has 29 heavy (non-hydrogen) atoms. The Morgan fingerprint density at radius 1 is 1.17 bits per heavy atom. The fourth-order valence-corrected chi connectivity index (χ4v) is 4.69. The summed E-state index contributed by atoms with van der Waals surface area (Å²) in [6.07, 6.45) is 3.12. The topological polar surface area (TPSA) is 50.8 Å². The minimum atomic E-state index is 0.0994. The third-order valence-electron chi connectivity index (χ3n) is 6.32. The summed E-state index contributed by atoms with van der Waals surface area (Å²) >= 11 is 6.16. The number of benzene rings is 2. The number of nitrogens with zero attached hydrogens (tertiary/aromatic N) is 1. The summed E-state index contributed by atoms with van der Waals surface area (Å²) in [4.78, 5) is 15.2. The molecule has 1 heterocycles. The fourth-order valence-electron chi connectivity index (χ4n) is 4.43. The summed E-state index contributed by atoms with van der Waals surface area (Å²) in [6.45, 7) is 2.97. The Balaban J connectivity index is 1.30. The van der Waals surface area contributed by atoms with E-state index < -0.39 is 0 Å². The lowest BCUT2D eigenvalue weighted by Crippen LogP contribution is -2.35. The van der Waals surface area contributed by atoms with Crippen molar-refractivity contribution in [2.45, 2.75) is 25.8 Å². The monoisotopic (exact) mass is 414 g/mol.